The maximum atomic E-state index is 13.0. The van der Waals surface area contributed by atoms with E-state index in [0.29, 0.717) is 29.3 Å². The van der Waals surface area contributed by atoms with E-state index >= 15 is 0 Å². The zero-order valence-electron chi connectivity index (χ0n) is 13.9. The number of nitrogens with zero attached hydrogens (tertiary/aromatic N) is 1. The minimum atomic E-state index is -0.268. The second-order valence-corrected chi connectivity index (χ2v) is 5.70. The van der Waals surface area contributed by atoms with Gasteiger partial charge in [0.25, 0.3) is 5.91 Å². The Kier molecular flexibility index (Phi) is 4.17. The molecular formula is C17H22N2O4. The number of nitrogens with one attached hydrogen (secondary N) is 1. The van der Waals surface area contributed by atoms with Crippen molar-refractivity contribution in [3.05, 3.63) is 29.3 Å². The SMILES string of the molecule is C/C=C1/CC2C(OC)Nc3cc(OC)c(OC)cc3C(=O)N2C1. The minimum absolute atomic E-state index is 0.0187. The molecule has 1 aromatic carbocycles. The average molecular weight is 318 g/mol. The van der Waals surface area contributed by atoms with Gasteiger partial charge in [0.05, 0.1) is 31.5 Å². The van der Waals surface area contributed by atoms with Crippen molar-refractivity contribution in [3.8, 4) is 11.5 Å². The molecule has 2 aliphatic heterocycles. The van der Waals surface area contributed by atoms with Crippen LogP contribution in [0.25, 0.3) is 0 Å². The van der Waals surface area contributed by atoms with E-state index in [9.17, 15) is 4.79 Å². The summed E-state index contributed by atoms with van der Waals surface area (Å²) in [5, 5.41) is 3.33. The topological polar surface area (TPSA) is 60.0 Å². The van der Waals surface area contributed by atoms with Crippen LogP contribution in [-0.2, 0) is 4.74 Å². The first-order chi connectivity index (χ1) is 11.1. The van der Waals surface area contributed by atoms with Gasteiger partial charge in [-0.25, -0.2) is 0 Å². The Balaban J connectivity index is 2.09. The highest BCUT2D eigenvalue weighted by Gasteiger charge is 2.41. The van der Waals surface area contributed by atoms with E-state index in [0.717, 1.165) is 6.42 Å². The molecule has 2 atom stereocenters. The fraction of sp³-hybridized carbons (Fsp3) is 0.471. The summed E-state index contributed by atoms with van der Waals surface area (Å²) >= 11 is 0. The van der Waals surface area contributed by atoms with E-state index < -0.39 is 0 Å². The first kappa shape index (κ1) is 15.7. The number of anilines is 1. The molecule has 23 heavy (non-hydrogen) atoms. The molecule has 2 heterocycles. The monoisotopic (exact) mass is 318 g/mol. The third kappa shape index (κ3) is 2.53. The van der Waals surface area contributed by atoms with E-state index in [1.807, 2.05) is 11.8 Å². The van der Waals surface area contributed by atoms with Gasteiger partial charge in [-0.3, -0.25) is 4.79 Å². The molecule has 0 aromatic heterocycles. The van der Waals surface area contributed by atoms with Crippen molar-refractivity contribution < 1.29 is 19.0 Å². The summed E-state index contributed by atoms with van der Waals surface area (Å²) in [4.78, 5) is 14.9. The van der Waals surface area contributed by atoms with Gasteiger partial charge in [0.1, 0.15) is 6.23 Å². The Morgan fingerprint density at radius 3 is 2.52 bits per heavy atom. The molecule has 6 nitrogen and oxygen atoms in total. The summed E-state index contributed by atoms with van der Waals surface area (Å²) in [6.07, 6.45) is 2.62. The number of amides is 1. The molecule has 6 heteroatoms. The summed E-state index contributed by atoms with van der Waals surface area (Å²) in [6, 6.07) is 3.49. The van der Waals surface area contributed by atoms with Crippen molar-refractivity contribution in [1.29, 1.82) is 0 Å². The van der Waals surface area contributed by atoms with Crippen molar-refractivity contribution >= 4 is 11.6 Å². The molecule has 1 aromatic rings. The standard InChI is InChI=1S/C17H22N2O4/c1-5-10-6-13-16(23-4)18-12-8-15(22-3)14(21-2)7-11(12)17(20)19(13)9-10/h5,7-8,13,16,18H,6,9H2,1-4H3/b10-5-. The molecule has 0 aliphatic carbocycles. The number of ether oxygens (including phenoxy) is 3. The number of hydrogen-bond donors (Lipinski definition) is 1. The van der Waals surface area contributed by atoms with Gasteiger partial charge in [-0.1, -0.05) is 11.6 Å². The normalized spacial score (nSPS) is 24.8. The van der Waals surface area contributed by atoms with E-state index in [1.165, 1.54) is 5.57 Å². The Labute approximate surface area is 136 Å². The fourth-order valence-electron chi connectivity index (χ4n) is 3.28. The zero-order chi connectivity index (χ0) is 16.6. The zero-order valence-corrected chi connectivity index (χ0v) is 13.9. The number of fused-ring (bicyclic) bond motifs is 2. The number of carbonyl (C=O) groups excluding carboxylic acids is 1. The molecular weight excluding hydrogens is 296 g/mol. The smallest absolute Gasteiger partial charge is 0.256 e. The number of allylic oxidation sites excluding steroid dienone is 1. The number of carbonyl (C=O) groups is 1. The van der Waals surface area contributed by atoms with Gasteiger partial charge in [-0.05, 0) is 19.4 Å². The number of hydrogen-bond acceptors (Lipinski definition) is 5. The van der Waals surface area contributed by atoms with E-state index in [4.69, 9.17) is 14.2 Å². The van der Waals surface area contributed by atoms with Gasteiger partial charge in [0, 0.05) is 19.7 Å². The van der Waals surface area contributed by atoms with Gasteiger partial charge < -0.3 is 24.4 Å². The maximum absolute atomic E-state index is 13.0. The molecule has 3 rings (SSSR count). The molecule has 1 N–H and O–H groups in total. The van der Waals surface area contributed by atoms with Gasteiger partial charge >= 0.3 is 0 Å². The van der Waals surface area contributed by atoms with Crippen LogP contribution in [0.4, 0.5) is 5.69 Å². The van der Waals surface area contributed by atoms with Crippen molar-refractivity contribution in [2.75, 3.05) is 33.2 Å². The third-order valence-electron chi connectivity index (χ3n) is 4.57. The highest BCUT2D eigenvalue weighted by molar-refractivity contribution is 6.02. The molecule has 0 bridgehead atoms. The van der Waals surface area contributed by atoms with E-state index in [-0.39, 0.29) is 18.2 Å². The summed E-state index contributed by atoms with van der Waals surface area (Å²) in [6.45, 7) is 2.64. The Hall–Kier alpha value is -2.21. The first-order valence-corrected chi connectivity index (χ1v) is 7.63. The molecule has 2 aliphatic rings. The quantitative estimate of drug-likeness (QED) is 0.866. The summed E-state index contributed by atoms with van der Waals surface area (Å²) in [5.74, 6) is 1.10. The van der Waals surface area contributed by atoms with Crippen LogP contribution in [0.1, 0.15) is 23.7 Å². The molecule has 0 spiro atoms. The molecule has 1 amide bonds. The lowest BCUT2D eigenvalue weighted by atomic mass is 10.1. The highest BCUT2D eigenvalue weighted by atomic mass is 16.5. The molecule has 2 unspecified atom stereocenters. The Bertz CT molecular complexity index is 656. The van der Waals surface area contributed by atoms with Crippen molar-refractivity contribution in [1.82, 2.24) is 4.90 Å². The summed E-state index contributed by atoms with van der Waals surface area (Å²) in [7, 11) is 4.79. The molecule has 0 saturated carbocycles. The Morgan fingerprint density at radius 1 is 1.22 bits per heavy atom. The second kappa shape index (κ2) is 6.12. The average Bonchev–Trinajstić information content (AvgIpc) is 2.98. The molecule has 1 fully saturated rings. The lowest BCUT2D eigenvalue weighted by Crippen LogP contribution is -2.44. The van der Waals surface area contributed by atoms with Gasteiger partial charge in [-0.2, -0.15) is 0 Å². The van der Waals surface area contributed by atoms with Gasteiger partial charge in [0.2, 0.25) is 0 Å². The van der Waals surface area contributed by atoms with Crippen molar-refractivity contribution in [2.24, 2.45) is 0 Å². The third-order valence-corrected chi connectivity index (χ3v) is 4.57. The number of rotatable bonds is 3. The van der Waals surface area contributed by atoms with Crippen molar-refractivity contribution in [3.63, 3.8) is 0 Å². The summed E-state index contributed by atoms with van der Waals surface area (Å²) < 4.78 is 16.3. The van der Waals surface area contributed by atoms with Crippen LogP contribution >= 0.6 is 0 Å². The lowest BCUT2D eigenvalue weighted by Gasteiger charge is -2.27. The van der Waals surface area contributed by atoms with E-state index in [1.54, 1.807) is 33.5 Å². The minimum Gasteiger partial charge on any atom is -0.493 e. The fourth-order valence-corrected chi connectivity index (χ4v) is 3.28. The van der Waals surface area contributed by atoms with Crippen LogP contribution < -0.4 is 14.8 Å². The van der Waals surface area contributed by atoms with Crippen LogP contribution in [0, 0.1) is 0 Å². The number of methoxy groups -OCH3 is 3. The molecule has 1 saturated heterocycles. The van der Waals surface area contributed by atoms with Crippen LogP contribution in [0.2, 0.25) is 0 Å². The lowest BCUT2D eigenvalue weighted by molar-refractivity contribution is 0.0420. The molecule has 0 radical (unpaired) electrons. The summed E-state index contributed by atoms with van der Waals surface area (Å²) in [5.41, 5.74) is 2.52. The van der Waals surface area contributed by atoms with Crippen LogP contribution in [-0.4, -0.2) is 51.0 Å². The van der Waals surface area contributed by atoms with Crippen LogP contribution in [0.5, 0.6) is 11.5 Å². The Morgan fingerprint density at radius 2 is 1.91 bits per heavy atom. The second-order valence-electron chi connectivity index (χ2n) is 5.70. The predicted molar refractivity (Wildman–Crippen MR) is 87.2 cm³/mol. The van der Waals surface area contributed by atoms with Crippen LogP contribution in [0.3, 0.4) is 0 Å². The largest absolute Gasteiger partial charge is 0.493 e. The van der Waals surface area contributed by atoms with Crippen LogP contribution in [0.15, 0.2) is 23.8 Å². The maximum Gasteiger partial charge on any atom is 0.256 e. The number of benzene rings is 1. The molecule has 124 valence electrons. The van der Waals surface area contributed by atoms with E-state index in [2.05, 4.69) is 11.4 Å². The highest BCUT2D eigenvalue weighted by Crippen LogP contribution is 2.39. The van der Waals surface area contributed by atoms with Crippen molar-refractivity contribution in [2.45, 2.75) is 25.6 Å². The predicted octanol–water partition coefficient (Wildman–Crippen LogP) is 2.26. The van der Waals surface area contributed by atoms with Gasteiger partial charge in [0.15, 0.2) is 11.5 Å². The van der Waals surface area contributed by atoms with Gasteiger partial charge in [-0.15, -0.1) is 0 Å². The first-order valence-electron chi connectivity index (χ1n) is 7.63.